The van der Waals surface area contributed by atoms with Gasteiger partial charge in [0.2, 0.25) is 0 Å². The van der Waals surface area contributed by atoms with Crippen molar-refractivity contribution in [2.45, 2.75) is 30.6 Å². The number of ether oxygens (including phenoxy) is 2. The maximum atomic E-state index is 6.08. The molecule has 4 nitrogen and oxygen atoms in total. The first kappa shape index (κ1) is 15.2. The molecule has 0 radical (unpaired) electrons. The van der Waals surface area contributed by atoms with E-state index >= 15 is 0 Å². The van der Waals surface area contributed by atoms with Crippen LogP contribution in [0.2, 0.25) is 0 Å². The Morgan fingerprint density at radius 3 is 2.35 bits per heavy atom. The Hall–Kier alpha value is 0.130. The van der Waals surface area contributed by atoms with Crippen LogP contribution in [-0.4, -0.2) is 50.9 Å². The van der Waals surface area contributed by atoms with E-state index < -0.39 is 0 Å². The number of halogens is 1. The lowest BCUT2D eigenvalue weighted by molar-refractivity contribution is 0.109. The van der Waals surface area contributed by atoms with Crippen LogP contribution in [-0.2, 0) is 9.47 Å². The number of rotatable bonds is 6. The van der Waals surface area contributed by atoms with Gasteiger partial charge in [0, 0.05) is 31.1 Å². The van der Waals surface area contributed by atoms with Crippen LogP contribution >= 0.6 is 11.6 Å². The fraction of sp³-hybridized carbons (Fsp3) is 1.00. The lowest BCUT2D eigenvalue weighted by Gasteiger charge is -2.10. The highest BCUT2D eigenvalue weighted by Crippen LogP contribution is 2.46. The summed E-state index contributed by atoms with van der Waals surface area (Å²) in [5, 5.41) is 3.16. The molecule has 2 rings (SSSR count). The van der Waals surface area contributed by atoms with E-state index in [4.69, 9.17) is 26.8 Å². The van der Waals surface area contributed by atoms with E-state index in [0.717, 1.165) is 45.8 Å². The van der Waals surface area contributed by atoms with Crippen molar-refractivity contribution in [1.29, 1.82) is 0 Å². The SMILES string of the molecule is C1COCCN1.NCCOCCCC1(Cl)CC1. The van der Waals surface area contributed by atoms with E-state index in [-0.39, 0.29) is 4.87 Å². The van der Waals surface area contributed by atoms with Crippen LogP contribution in [0.4, 0.5) is 0 Å². The fourth-order valence-corrected chi connectivity index (χ4v) is 1.81. The molecular formula is C12H25ClN2O2. The highest BCUT2D eigenvalue weighted by Gasteiger charge is 2.39. The molecule has 0 atom stereocenters. The minimum atomic E-state index is 0.159. The van der Waals surface area contributed by atoms with Crippen molar-refractivity contribution in [3.8, 4) is 0 Å². The smallest absolute Gasteiger partial charge is 0.0591 e. The van der Waals surface area contributed by atoms with Crippen molar-refractivity contribution in [3.63, 3.8) is 0 Å². The highest BCUT2D eigenvalue weighted by molar-refractivity contribution is 6.25. The van der Waals surface area contributed by atoms with E-state index in [1.54, 1.807) is 0 Å². The third-order valence-corrected chi connectivity index (χ3v) is 3.38. The zero-order chi connectivity index (χ0) is 12.4. The number of morpholine rings is 1. The molecule has 1 aliphatic carbocycles. The van der Waals surface area contributed by atoms with Crippen LogP contribution in [0.25, 0.3) is 0 Å². The van der Waals surface area contributed by atoms with Crippen molar-refractivity contribution < 1.29 is 9.47 Å². The van der Waals surface area contributed by atoms with Crippen molar-refractivity contribution in [1.82, 2.24) is 5.32 Å². The third-order valence-electron chi connectivity index (χ3n) is 2.81. The van der Waals surface area contributed by atoms with Crippen LogP contribution in [0.1, 0.15) is 25.7 Å². The Labute approximate surface area is 109 Å². The van der Waals surface area contributed by atoms with E-state index in [9.17, 15) is 0 Å². The molecule has 2 aliphatic rings. The molecule has 1 saturated carbocycles. The maximum absolute atomic E-state index is 6.08. The van der Waals surface area contributed by atoms with Gasteiger partial charge in [-0.15, -0.1) is 11.6 Å². The second-order valence-corrected chi connectivity index (χ2v) is 5.32. The molecule has 102 valence electrons. The predicted molar refractivity (Wildman–Crippen MR) is 70.6 cm³/mol. The number of nitrogens with two attached hydrogens (primary N) is 1. The molecular weight excluding hydrogens is 240 g/mol. The normalized spacial score (nSPS) is 21.5. The van der Waals surface area contributed by atoms with E-state index in [2.05, 4.69) is 5.32 Å². The van der Waals surface area contributed by atoms with Gasteiger partial charge < -0.3 is 20.5 Å². The summed E-state index contributed by atoms with van der Waals surface area (Å²) in [6.45, 7) is 5.94. The summed E-state index contributed by atoms with van der Waals surface area (Å²) < 4.78 is 10.2. The van der Waals surface area contributed by atoms with Crippen molar-refractivity contribution in [2.24, 2.45) is 5.73 Å². The molecule has 0 unspecified atom stereocenters. The molecule has 3 N–H and O–H groups in total. The largest absolute Gasteiger partial charge is 0.380 e. The lowest BCUT2D eigenvalue weighted by Crippen LogP contribution is -2.30. The second-order valence-electron chi connectivity index (χ2n) is 4.52. The topological polar surface area (TPSA) is 56.5 Å². The standard InChI is InChI=1S/C8H16ClNO.C4H9NO/c9-8(3-4-8)2-1-6-11-7-5-10;1-3-6-4-2-5-1/h1-7,10H2;5H,1-4H2. The monoisotopic (exact) mass is 264 g/mol. The van der Waals surface area contributed by atoms with Crippen LogP contribution in [0.5, 0.6) is 0 Å². The second kappa shape index (κ2) is 9.11. The summed E-state index contributed by atoms with van der Waals surface area (Å²) in [7, 11) is 0. The van der Waals surface area contributed by atoms with Crippen LogP contribution in [0.3, 0.4) is 0 Å². The molecule has 1 heterocycles. The molecule has 5 heteroatoms. The van der Waals surface area contributed by atoms with Gasteiger partial charge in [-0.1, -0.05) is 0 Å². The Kier molecular flexibility index (Phi) is 8.14. The van der Waals surface area contributed by atoms with Crippen molar-refractivity contribution >= 4 is 11.6 Å². The molecule has 0 spiro atoms. The first-order chi connectivity index (χ1) is 8.27. The Morgan fingerprint density at radius 1 is 1.24 bits per heavy atom. The third kappa shape index (κ3) is 8.80. The Balaban J connectivity index is 0.000000202. The van der Waals surface area contributed by atoms with Gasteiger partial charge in [0.15, 0.2) is 0 Å². The molecule has 0 bridgehead atoms. The van der Waals surface area contributed by atoms with E-state index in [0.29, 0.717) is 13.2 Å². The lowest BCUT2D eigenvalue weighted by atomic mass is 10.2. The molecule has 17 heavy (non-hydrogen) atoms. The molecule has 0 aromatic rings. The highest BCUT2D eigenvalue weighted by atomic mass is 35.5. The average Bonchev–Trinajstić information content (AvgIpc) is 3.10. The number of alkyl halides is 1. The fourth-order valence-electron chi connectivity index (χ4n) is 1.58. The summed E-state index contributed by atoms with van der Waals surface area (Å²) in [4.78, 5) is 0.159. The van der Waals surface area contributed by atoms with E-state index in [1.807, 2.05) is 0 Å². The van der Waals surface area contributed by atoms with E-state index in [1.165, 1.54) is 12.8 Å². The first-order valence-electron chi connectivity index (χ1n) is 6.52. The summed E-state index contributed by atoms with van der Waals surface area (Å²) >= 11 is 6.08. The summed E-state index contributed by atoms with van der Waals surface area (Å²) in [5.74, 6) is 0. The Morgan fingerprint density at radius 2 is 1.94 bits per heavy atom. The van der Waals surface area contributed by atoms with Gasteiger partial charge in [0.1, 0.15) is 0 Å². The van der Waals surface area contributed by atoms with Gasteiger partial charge in [-0.05, 0) is 25.7 Å². The summed E-state index contributed by atoms with van der Waals surface area (Å²) in [6.07, 6.45) is 4.54. The zero-order valence-corrected chi connectivity index (χ0v) is 11.3. The molecule has 0 aromatic heterocycles. The van der Waals surface area contributed by atoms with Gasteiger partial charge in [-0.2, -0.15) is 0 Å². The molecule has 1 aliphatic heterocycles. The van der Waals surface area contributed by atoms with Gasteiger partial charge in [-0.25, -0.2) is 0 Å². The van der Waals surface area contributed by atoms with Crippen LogP contribution in [0.15, 0.2) is 0 Å². The predicted octanol–water partition coefficient (Wildman–Crippen LogP) is 1.12. The van der Waals surface area contributed by atoms with Crippen molar-refractivity contribution in [2.75, 3.05) is 46.1 Å². The summed E-state index contributed by atoms with van der Waals surface area (Å²) in [5.41, 5.74) is 5.26. The number of hydrogen-bond donors (Lipinski definition) is 2. The molecule has 2 fully saturated rings. The molecule has 0 aromatic carbocycles. The minimum Gasteiger partial charge on any atom is -0.380 e. The molecule has 0 amide bonds. The van der Waals surface area contributed by atoms with Crippen molar-refractivity contribution in [3.05, 3.63) is 0 Å². The van der Waals surface area contributed by atoms with Crippen LogP contribution < -0.4 is 11.1 Å². The van der Waals surface area contributed by atoms with Gasteiger partial charge in [0.05, 0.1) is 19.8 Å². The van der Waals surface area contributed by atoms with Gasteiger partial charge in [-0.3, -0.25) is 0 Å². The molecule has 1 saturated heterocycles. The first-order valence-corrected chi connectivity index (χ1v) is 6.90. The maximum Gasteiger partial charge on any atom is 0.0591 e. The quantitative estimate of drug-likeness (QED) is 0.558. The van der Waals surface area contributed by atoms with Gasteiger partial charge in [0.25, 0.3) is 0 Å². The minimum absolute atomic E-state index is 0.159. The summed E-state index contributed by atoms with van der Waals surface area (Å²) in [6, 6.07) is 0. The van der Waals surface area contributed by atoms with Gasteiger partial charge >= 0.3 is 0 Å². The Bertz CT molecular complexity index is 174. The number of hydrogen-bond acceptors (Lipinski definition) is 4. The van der Waals surface area contributed by atoms with Crippen LogP contribution in [0, 0.1) is 0 Å². The average molecular weight is 265 g/mol. The number of nitrogens with one attached hydrogen (secondary N) is 1. The zero-order valence-electron chi connectivity index (χ0n) is 10.5.